The molecule has 0 radical (unpaired) electrons. The normalized spacial score (nSPS) is 10.9. The highest BCUT2D eigenvalue weighted by atomic mass is 16.3. The number of phenols is 2. The first-order valence-electron chi connectivity index (χ1n) is 5.63. The molecule has 0 bridgehead atoms. The summed E-state index contributed by atoms with van der Waals surface area (Å²) in [6.45, 7) is 4.16. The van der Waals surface area contributed by atoms with Crippen molar-refractivity contribution < 1.29 is 10.2 Å². The number of benzene rings is 2. The molecule has 16 heavy (non-hydrogen) atoms. The van der Waals surface area contributed by atoms with E-state index >= 15 is 0 Å². The van der Waals surface area contributed by atoms with Crippen LogP contribution >= 0.6 is 0 Å². The molecule has 0 amide bonds. The van der Waals surface area contributed by atoms with E-state index in [-0.39, 0.29) is 5.75 Å². The Kier molecular flexibility index (Phi) is 2.73. The van der Waals surface area contributed by atoms with Crippen LogP contribution < -0.4 is 0 Å². The molecule has 2 aromatic carbocycles. The van der Waals surface area contributed by atoms with Crippen LogP contribution in [0, 0.1) is 0 Å². The summed E-state index contributed by atoms with van der Waals surface area (Å²) in [5.74, 6) is 0.541. The van der Waals surface area contributed by atoms with Gasteiger partial charge in [0.2, 0.25) is 0 Å². The van der Waals surface area contributed by atoms with Crippen molar-refractivity contribution in [2.45, 2.75) is 26.7 Å². The van der Waals surface area contributed by atoms with Crippen LogP contribution in [0.4, 0.5) is 0 Å². The van der Waals surface area contributed by atoms with Gasteiger partial charge in [0.25, 0.3) is 0 Å². The molecule has 0 unspecified atom stereocenters. The topological polar surface area (TPSA) is 40.5 Å². The third-order valence-corrected chi connectivity index (χ3v) is 3.04. The highest BCUT2D eigenvalue weighted by molar-refractivity contribution is 5.92. The van der Waals surface area contributed by atoms with Gasteiger partial charge in [0.05, 0.1) is 0 Å². The number of aromatic hydroxyl groups is 2. The van der Waals surface area contributed by atoms with Crippen LogP contribution in [0.1, 0.15) is 25.0 Å². The third kappa shape index (κ3) is 1.60. The SMILES string of the molecule is CCc1cc(O)c2ccc(O)cc2c1CC. The lowest BCUT2D eigenvalue weighted by atomic mass is 9.95. The number of aryl methyl sites for hydroxylation is 2. The van der Waals surface area contributed by atoms with Crippen LogP contribution in [0.25, 0.3) is 10.8 Å². The maximum Gasteiger partial charge on any atom is 0.123 e. The van der Waals surface area contributed by atoms with Gasteiger partial charge in [-0.1, -0.05) is 13.8 Å². The molecule has 2 nitrogen and oxygen atoms in total. The average Bonchev–Trinajstić information content (AvgIpc) is 2.28. The lowest BCUT2D eigenvalue weighted by Gasteiger charge is -2.12. The predicted octanol–water partition coefficient (Wildman–Crippen LogP) is 3.38. The van der Waals surface area contributed by atoms with E-state index in [0.29, 0.717) is 5.75 Å². The number of hydrogen-bond acceptors (Lipinski definition) is 2. The fraction of sp³-hybridized carbons (Fsp3) is 0.286. The Labute approximate surface area is 95.2 Å². The molecular formula is C14H16O2. The first kappa shape index (κ1) is 10.8. The van der Waals surface area contributed by atoms with Crippen molar-refractivity contribution in [1.82, 2.24) is 0 Å². The Balaban J connectivity index is 2.87. The standard InChI is InChI=1S/C14H16O2/c1-3-9-7-14(16)12-6-5-10(15)8-13(12)11(9)4-2/h5-8,15-16H,3-4H2,1-2H3. The van der Waals surface area contributed by atoms with Gasteiger partial charge < -0.3 is 10.2 Å². The Morgan fingerprint density at radius 2 is 1.69 bits per heavy atom. The monoisotopic (exact) mass is 216 g/mol. The fourth-order valence-electron chi connectivity index (χ4n) is 2.24. The minimum atomic E-state index is 0.245. The fourth-order valence-corrected chi connectivity index (χ4v) is 2.24. The first-order chi connectivity index (χ1) is 7.67. The van der Waals surface area contributed by atoms with Crippen LogP contribution in [-0.2, 0) is 12.8 Å². The highest BCUT2D eigenvalue weighted by Gasteiger charge is 2.09. The Hall–Kier alpha value is -1.70. The van der Waals surface area contributed by atoms with Gasteiger partial charge in [0.1, 0.15) is 11.5 Å². The van der Waals surface area contributed by atoms with Crippen molar-refractivity contribution in [3.63, 3.8) is 0 Å². The zero-order chi connectivity index (χ0) is 11.7. The number of fused-ring (bicyclic) bond motifs is 1. The van der Waals surface area contributed by atoms with E-state index < -0.39 is 0 Å². The minimum Gasteiger partial charge on any atom is -0.508 e. The van der Waals surface area contributed by atoms with E-state index in [4.69, 9.17) is 0 Å². The van der Waals surface area contributed by atoms with E-state index in [0.717, 1.165) is 29.2 Å². The number of hydrogen-bond donors (Lipinski definition) is 2. The minimum absolute atomic E-state index is 0.245. The summed E-state index contributed by atoms with van der Waals surface area (Å²) in [6, 6.07) is 6.93. The average molecular weight is 216 g/mol. The molecule has 2 rings (SSSR count). The maximum absolute atomic E-state index is 9.91. The molecule has 0 spiro atoms. The van der Waals surface area contributed by atoms with Crippen molar-refractivity contribution >= 4 is 10.8 Å². The van der Waals surface area contributed by atoms with Crippen molar-refractivity contribution in [1.29, 1.82) is 0 Å². The molecule has 0 fully saturated rings. The quantitative estimate of drug-likeness (QED) is 0.808. The second kappa shape index (κ2) is 4.05. The van der Waals surface area contributed by atoms with Crippen LogP contribution in [0.2, 0.25) is 0 Å². The molecule has 0 saturated carbocycles. The van der Waals surface area contributed by atoms with Gasteiger partial charge in [-0.2, -0.15) is 0 Å². The van der Waals surface area contributed by atoms with Crippen molar-refractivity contribution in [2.24, 2.45) is 0 Å². The van der Waals surface area contributed by atoms with E-state index in [1.54, 1.807) is 18.2 Å². The van der Waals surface area contributed by atoms with E-state index in [9.17, 15) is 10.2 Å². The molecule has 84 valence electrons. The Bertz CT molecular complexity index is 530. The molecule has 2 N–H and O–H groups in total. The number of phenolic OH excluding ortho intramolecular Hbond substituents is 2. The van der Waals surface area contributed by atoms with Crippen LogP contribution in [0.5, 0.6) is 11.5 Å². The van der Waals surface area contributed by atoms with Gasteiger partial charge in [0, 0.05) is 5.39 Å². The molecule has 0 saturated heterocycles. The molecule has 0 aliphatic carbocycles. The third-order valence-electron chi connectivity index (χ3n) is 3.04. The second-order valence-corrected chi connectivity index (χ2v) is 3.97. The lowest BCUT2D eigenvalue weighted by Crippen LogP contribution is -1.93. The summed E-state index contributed by atoms with van der Waals surface area (Å²) < 4.78 is 0. The van der Waals surface area contributed by atoms with Crippen molar-refractivity contribution in [3.8, 4) is 11.5 Å². The largest absolute Gasteiger partial charge is 0.508 e. The van der Waals surface area contributed by atoms with E-state index in [2.05, 4.69) is 13.8 Å². The van der Waals surface area contributed by atoms with Crippen LogP contribution in [0.15, 0.2) is 24.3 Å². The van der Waals surface area contributed by atoms with E-state index in [1.165, 1.54) is 5.56 Å². The predicted molar refractivity (Wildman–Crippen MR) is 66.0 cm³/mol. The van der Waals surface area contributed by atoms with Gasteiger partial charge in [-0.15, -0.1) is 0 Å². The van der Waals surface area contributed by atoms with Crippen LogP contribution in [0.3, 0.4) is 0 Å². The molecule has 0 heterocycles. The highest BCUT2D eigenvalue weighted by Crippen LogP contribution is 2.33. The molecule has 0 atom stereocenters. The summed E-state index contributed by atoms with van der Waals surface area (Å²) in [5.41, 5.74) is 2.37. The summed E-state index contributed by atoms with van der Waals surface area (Å²) in [7, 11) is 0. The molecule has 0 aliphatic rings. The molecule has 0 aliphatic heterocycles. The van der Waals surface area contributed by atoms with Crippen LogP contribution in [-0.4, -0.2) is 10.2 Å². The van der Waals surface area contributed by atoms with Crippen molar-refractivity contribution in [2.75, 3.05) is 0 Å². The molecular weight excluding hydrogens is 200 g/mol. The Morgan fingerprint density at radius 1 is 0.938 bits per heavy atom. The molecule has 2 aromatic rings. The van der Waals surface area contributed by atoms with Crippen molar-refractivity contribution in [3.05, 3.63) is 35.4 Å². The van der Waals surface area contributed by atoms with Gasteiger partial charge in [0.15, 0.2) is 0 Å². The van der Waals surface area contributed by atoms with Gasteiger partial charge in [-0.3, -0.25) is 0 Å². The second-order valence-electron chi connectivity index (χ2n) is 3.97. The molecule has 0 aromatic heterocycles. The summed E-state index contributed by atoms with van der Waals surface area (Å²) in [6.07, 6.45) is 1.80. The smallest absolute Gasteiger partial charge is 0.123 e. The summed E-state index contributed by atoms with van der Waals surface area (Å²) >= 11 is 0. The first-order valence-corrected chi connectivity index (χ1v) is 5.63. The maximum atomic E-state index is 9.91. The van der Waals surface area contributed by atoms with E-state index in [1.807, 2.05) is 6.07 Å². The lowest BCUT2D eigenvalue weighted by molar-refractivity contribution is 0.475. The van der Waals surface area contributed by atoms with Gasteiger partial charge in [-0.05, 0) is 53.6 Å². The number of rotatable bonds is 2. The molecule has 2 heteroatoms. The zero-order valence-corrected chi connectivity index (χ0v) is 9.62. The van der Waals surface area contributed by atoms with Gasteiger partial charge >= 0.3 is 0 Å². The summed E-state index contributed by atoms with van der Waals surface area (Å²) in [4.78, 5) is 0. The van der Waals surface area contributed by atoms with Gasteiger partial charge in [-0.25, -0.2) is 0 Å². The Morgan fingerprint density at radius 3 is 2.31 bits per heavy atom. The zero-order valence-electron chi connectivity index (χ0n) is 9.62. The summed E-state index contributed by atoms with van der Waals surface area (Å²) in [5, 5.41) is 21.2.